The molecule has 2 aromatic heterocycles. The number of urea groups is 1. The highest BCUT2D eigenvalue weighted by Gasteiger charge is 2.41. The van der Waals surface area contributed by atoms with Gasteiger partial charge in [0, 0.05) is 31.8 Å². The maximum atomic E-state index is 13.1. The maximum Gasteiger partial charge on any atom is 0.389 e. The van der Waals surface area contributed by atoms with Crippen LogP contribution >= 0.6 is 0 Å². The smallest absolute Gasteiger partial charge is 0.366 e. The van der Waals surface area contributed by atoms with Crippen LogP contribution in [0.2, 0.25) is 0 Å². The Bertz CT molecular complexity index is 1090. The number of aromatic nitrogens is 2. The lowest BCUT2D eigenvalue weighted by molar-refractivity contribution is -0.384. The van der Waals surface area contributed by atoms with E-state index in [1.807, 2.05) is 4.90 Å². The van der Waals surface area contributed by atoms with E-state index in [0.717, 1.165) is 6.07 Å². The molecular weight excluding hydrogens is 433 g/mol. The van der Waals surface area contributed by atoms with Gasteiger partial charge < -0.3 is 4.90 Å². The van der Waals surface area contributed by atoms with Crippen LogP contribution in [0.4, 0.5) is 41.0 Å². The number of carbonyl (C=O) groups excluding carboxylic acids is 2. The molecule has 2 aliphatic rings. The summed E-state index contributed by atoms with van der Waals surface area (Å²) in [6.45, 7) is 1.16. The number of pyridine rings is 2. The van der Waals surface area contributed by atoms with Crippen molar-refractivity contribution in [3.63, 3.8) is 0 Å². The van der Waals surface area contributed by atoms with E-state index in [2.05, 4.69) is 15.3 Å². The van der Waals surface area contributed by atoms with Crippen molar-refractivity contribution < 1.29 is 27.7 Å². The summed E-state index contributed by atoms with van der Waals surface area (Å²) in [7, 11) is 0. The lowest BCUT2D eigenvalue weighted by atomic mass is 10.1. The summed E-state index contributed by atoms with van der Waals surface area (Å²) in [5.74, 6) is -0.665. The van der Waals surface area contributed by atoms with Gasteiger partial charge in [-0.15, -0.1) is 0 Å². The first-order valence-corrected chi connectivity index (χ1v) is 9.69. The maximum absolute atomic E-state index is 13.1. The molecule has 1 atom stereocenters. The topological polar surface area (TPSA) is 122 Å². The average Bonchev–Trinajstić information content (AvgIpc) is 3.15. The first-order valence-electron chi connectivity index (χ1n) is 9.69. The van der Waals surface area contributed by atoms with Crippen LogP contribution < -0.4 is 15.1 Å². The second-order valence-corrected chi connectivity index (χ2v) is 7.42. The van der Waals surface area contributed by atoms with Crippen LogP contribution in [0.5, 0.6) is 0 Å². The summed E-state index contributed by atoms with van der Waals surface area (Å²) in [5, 5.41) is 13.5. The molecule has 0 saturated carbocycles. The standard InChI is InChI=1S/C19H17F3N6O4/c20-19(21,22)6-3-15(29)13-1-2-14-17(24-13)27(12-5-8-26(14)10-12)18(30)25-16-9-11(28(31)32)4-7-23-16/h1-2,4,7,9,12H,3,5-6,8,10H2,(H,23,25,30)/t12-/m0/s1. The van der Waals surface area contributed by atoms with Gasteiger partial charge in [0.1, 0.15) is 11.5 Å². The number of alkyl halides is 3. The largest absolute Gasteiger partial charge is 0.389 e. The van der Waals surface area contributed by atoms with E-state index < -0.39 is 35.8 Å². The Morgan fingerprint density at radius 1 is 1.28 bits per heavy atom. The van der Waals surface area contributed by atoms with Gasteiger partial charge in [0.15, 0.2) is 11.6 Å². The quantitative estimate of drug-likeness (QED) is 0.420. The first-order chi connectivity index (χ1) is 15.1. The van der Waals surface area contributed by atoms with Crippen molar-refractivity contribution in [1.29, 1.82) is 0 Å². The van der Waals surface area contributed by atoms with Gasteiger partial charge in [-0.25, -0.2) is 14.8 Å². The molecule has 1 N–H and O–H groups in total. The van der Waals surface area contributed by atoms with Gasteiger partial charge >= 0.3 is 12.2 Å². The van der Waals surface area contributed by atoms with Crippen LogP contribution in [0.1, 0.15) is 29.8 Å². The monoisotopic (exact) mass is 450 g/mol. The summed E-state index contributed by atoms with van der Waals surface area (Å²) in [6.07, 6.45) is -4.67. The number of amides is 2. The van der Waals surface area contributed by atoms with Crippen molar-refractivity contribution in [2.45, 2.75) is 31.5 Å². The Kier molecular flexibility index (Phi) is 5.40. The predicted octanol–water partition coefficient (Wildman–Crippen LogP) is 3.54. The van der Waals surface area contributed by atoms with Gasteiger partial charge in [-0.2, -0.15) is 13.2 Å². The molecule has 0 unspecified atom stereocenters. The van der Waals surface area contributed by atoms with Crippen molar-refractivity contribution >= 4 is 34.8 Å². The molecule has 0 aliphatic carbocycles. The number of hydrogen-bond acceptors (Lipinski definition) is 7. The van der Waals surface area contributed by atoms with Crippen LogP contribution in [0.3, 0.4) is 0 Å². The van der Waals surface area contributed by atoms with Crippen molar-refractivity contribution in [3.8, 4) is 0 Å². The minimum atomic E-state index is -4.47. The SMILES string of the molecule is O=C(CCC(F)(F)F)c1ccc2c(n1)N(C(=O)Nc1cc([N+](=O)[O-])ccn1)[C@H]1CCN2C1. The van der Waals surface area contributed by atoms with Gasteiger partial charge in [0.05, 0.1) is 29.1 Å². The molecule has 32 heavy (non-hydrogen) atoms. The third kappa shape index (κ3) is 4.31. The number of hydrogen-bond donors (Lipinski definition) is 1. The van der Waals surface area contributed by atoms with Crippen molar-refractivity contribution in [3.05, 3.63) is 46.3 Å². The number of nitrogens with zero attached hydrogens (tertiary/aromatic N) is 5. The number of fused-ring (bicyclic) bond motifs is 4. The molecule has 0 aromatic carbocycles. The van der Waals surface area contributed by atoms with E-state index in [9.17, 15) is 32.9 Å². The summed E-state index contributed by atoms with van der Waals surface area (Å²) in [4.78, 5) is 47.1. The van der Waals surface area contributed by atoms with Gasteiger partial charge in [-0.1, -0.05) is 0 Å². The van der Waals surface area contributed by atoms with Crippen molar-refractivity contribution in [2.75, 3.05) is 28.2 Å². The Morgan fingerprint density at radius 2 is 2.06 bits per heavy atom. The molecule has 0 radical (unpaired) electrons. The van der Waals surface area contributed by atoms with Crippen LogP contribution in [0.25, 0.3) is 0 Å². The summed E-state index contributed by atoms with van der Waals surface area (Å²) in [5.41, 5.74) is 0.159. The number of rotatable bonds is 5. The van der Waals surface area contributed by atoms with Crippen LogP contribution in [-0.2, 0) is 0 Å². The van der Waals surface area contributed by atoms with E-state index in [4.69, 9.17) is 0 Å². The minimum absolute atomic E-state index is 0.0383. The lowest BCUT2D eigenvalue weighted by Crippen LogP contribution is -2.48. The minimum Gasteiger partial charge on any atom is -0.366 e. The molecule has 1 saturated heterocycles. The average molecular weight is 450 g/mol. The fourth-order valence-corrected chi connectivity index (χ4v) is 3.78. The zero-order chi connectivity index (χ0) is 23.0. The van der Waals surface area contributed by atoms with Gasteiger partial charge in [-0.3, -0.25) is 25.1 Å². The lowest BCUT2D eigenvalue weighted by Gasteiger charge is -2.35. The second kappa shape index (κ2) is 8.05. The summed E-state index contributed by atoms with van der Waals surface area (Å²) < 4.78 is 37.4. The molecule has 4 rings (SSSR count). The molecule has 2 amide bonds. The number of halogens is 3. The molecule has 1 fully saturated rings. The number of Topliss-reactive ketones (excluding diaryl/α,β-unsaturated/α-hetero) is 1. The third-order valence-electron chi connectivity index (χ3n) is 5.28. The van der Waals surface area contributed by atoms with Gasteiger partial charge in [0.25, 0.3) is 5.69 Å². The van der Waals surface area contributed by atoms with Crippen molar-refractivity contribution in [1.82, 2.24) is 9.97 Å². The zero-order valence-corrected chi connectivity index (χ0v) is 16.5. The van der Waals surface area contributed by atoms with Crippen LogP contribution in [0, 0.1) is 10.1 Å². The van der Waals surface area contributed by atoms with Gasteiger partial charge in [-0.05, 0) is 18.6 Å². The Morgan fingerprint density at radius 3 is 2.78 bits per heavy atom. The molecule has 4 heterocycles. The number of nitro groups is 1. The van der Waals surface area contributed by atoms with Gasteiger partial charge in [0.2, 0.25) is 0 Å². The number of ketones is 1. The predicted molar refractivity (Wildman–Crippen MR) is 107 cm³/mol. The molecular formula is C19H17F3N6O4. The van der Waals surface area contributed by atoms with E-state index in [0.29, 0.717) is 25.2 Å². The second-order valence-electron chi connectivity index (χ2n) is 7.42. The first kappa shape index (κ1) is 21.5. The Hall–Kier alpha value is -3.77. The zero-order valence-electron chi connectivity index (χ0n) is 16.5. The Balaban J connectivity index is 1.61. The van der Waals surface area contributed by atoms with Crippen molar-refractivity contribution in [2.24, 2.45) is 0 Å². The number of carbonyl (C=O) groups is 2. The fourth-order valence-electron chi connectivity index (χ4n) is 3.78. The van der Waals surface area contributed by atoms with Crippen LogP contribution in [-0.4, -0.2) is 52.0 Å². The van der Waals surface area contributed by atoms with E-state index >= 15 is 0 Å². The van der Waals surface area contributed by atoms with E-state index in [1.165, 1.54) is 23.2 Å². The van der Waals surface area contributed by atoms with Crippen LogP contribution in [0.15, 0.2) is 30.5 Å². The Labute approximate surface area is 179 Å². The van der Waals surface area contributed by atoms with E-state index in [-0.39, 0.29) is 29.1 Å². The van der Waals surface area contributed by atoms with E-state index in [1.54, 1.807) is 6.07 Å². The summed E-state index contributed by atoms with van der Waals surface area (Å²) >= 11 is 0. The highest BCUT2D eigenvalue weighted by Crippen LogP contribution is 2.39. The number of anilines is 3. The molecule has 0 spiro atoms. The fraction of sp³-hybridized carbons (Fsp3) is 0.368. The normalized spacial score (nSPS) is 17.2. The molecule has 10 nitrogen and oxygen atoms in total. The number of nitrogens with one attached hydrogen (secondary N) is 1. The molecule has 13 heteroatoms. The molecule has 2 bridgehead atoms. The highest BCUT2D eigenvalue weighted by molar-refractivity contribution is 6.05. The molecule has 2 aromatic rings. The highest BCUT2D eigenvalue weighted by atomic mass is 19.4. The third-order valence-corrected chi connectivity index (χ3v) is 5.28. The molecule has 168 valence electrons. The summed E-state index contributed by atoms with van der Waals surface area (Å²) in [6, 6.07) is 4.27. The molecule has 2 aliphatic heterocycles.